The van der Waals surface area contributed by atoms with Crippen LogP contribution in [-0.2, 0) is 0 Å². The number of hydrogen-bond donors (Lipinski definition) is 2. The van der Waals surface area contributed by atoms with Gasteiger partial charge < -0.3 is 11.1 Å². The first kappa shape index (κ1) is 15.6. The fourth-order valence-corrected chi connectivity index (χ4v) is 2.88. The summed E-state index contributed by atoms with van der Waals surface area (Å²) in [6.45, 7) is 13.9. The molecule has 1 heterocycles. The van der Waals surface area contributed by atoms with E-state index in [4.69, 9.17) is 5.73 Å². The summed E-state index contributed by atoms with van der Waals surface area (Å²) >= 11 is 1.78. The minimum Gasteiger partial charge on any atom is -0.327 e. The zero-order chi connectivity index (χ0) is 13.9. The van der Waals surface area contributed by atoms with Crippen LogP contribution in [0.25, 0.3) is 0 Å². The molecule has 0 saturated heterocycles. The Morgan fingerprint density at radius 1 is 1.33 bits per heavy atom. The van der Waals surface area contributed by atoms with E-state index < -0.39 is 0 Å². The Balaban J connectivity index is 2.43. The highest BCUT2D eigenvalue weighted by atomic mass is 32.1. The van der Waals surface area contributed by atoms with Crippen molar-refractivity contribution in [2.75, 3.05) is 6.54 Å². The molecule has 0 radical (unpaired) electrons. The SMILES string of the molecule is Cc1nc(C)c(C(C)NCCC(N)C(C)(C)C)s1. The maximum absolute atomic E-state index is 6.16. The molecule has 0 saturated carbocycles. The molecule has 3 N–H and O–H groups in total. The summed E-state index contributed by atoms with van der Waals surface area (Å²) in [6, 6.07) is 0.602. The smallest absolute Gasteiger partial charge is 0.0900 e. The lowest BCUT2D eigenvalue weighted by Crippen LogP contribution is -2.38. The topological polar surface area (TPSA) is 50.9 Å². The number of nitrogens with zero attached hydrogens (tertiary/aromatic N) is 1. The number of nitrogens with one attached hydrogen (secondary N) is 1. The van der Waals surface area contributed by atoms with Gasteiger partial charge in [0, 0.05) is 17.0 Å². The summed E-state index contributed by atoms with van der Waals surface area (Å²) < 4.78 is 0. The first-order valence-electron chi connectivity index (χ1n) is 6.64. The minimum atomic E-state index is 0.182. The van der Waals surface area contributed by atoms with Gasteiger partial charge in [0.1, 0.15) is 0 Å². The minimum absolute atomic E-state index is 0.182. The van der Waals surface area contributed by atoms with Crippen molar-refractivity contribution in [3.63, 3.8) is 0 Å². The van der Waals surface area contributed by atoms with Crippen molar-refractivity contribution in [3.05, 3.63) is 15.6 Å². The molecular formula is C14H27N3S. The van der Waals surface area contributed by atoms with Crippen LogP contribution in [0.15, 0.2) is 0 Å². The van der Waals surface area contributed by atoms with Gasteiger partial charge in [-0.15, -0.1) is 11.3 Å². The summed E-state index contributed by atoms with van der Waals surface area (Å²) in [6.07, 6.45) is 1.00. The second-order valence-corrected chi connectivity index (χ2v) is 7.35. The molecule has 0 aliphatic carbocycles. The predicted octanol–water partition coefficient (Wildman–Crippen LogP) is 3.17. The zero-order valence-electron chi connectivity index (χ0n) is 12.5. The van der Waals surface area contributed by atoms with E-state index in [0.717, 1.165) is 23.7 Å². The van der Waals surface area contributed by atoms with Crippen LogP contribution in [0.3, 0.4) is 0 Å². The van der Waals surface area contributed by atoms with Gasteiger partial charge in [-0.1, -0.05) is 20.8 Å². The highest BCUT2D eigenvalue weighted by Gasteiger charge is 2.20. The van der Waals surface area contributed by atoms with E-state index in [9.17, 15) is 0 Å². The van der Waals surface area contributed by atoms with Crippen LogP contribution in [0.5, 0.6) is 0 Å². The van der Waals surface area contributed by atoms with Crippen LogP contribution in [0.4, 0.5) is 0 Å². The van der Waals surface area contributed by atoms with Crippen molar-refractivity contribution in [2.45, 2.75) is 60.0 Å². The van der Waals surface area contributed by atoms with Crippen LogP contribution in [0, 0.1) is 19.3 Å². The third kappa shape index (κ3) is 4.34. The molecule has 0 aromatic carbocycles. The summed E-state index contributed by atoms with van der Waals surface area (Å²) in [4.78, 5) is 5.81. The lowest BCUT2D eigenvalue weighted by molar-refractivity contribution is 0.300. The van der Waals surface area contributed by atoms with Crippen LogP contribution in [0.2, 0.25) is 0 Å². The molecule has 0 amide bonds. The number of thiazole rings is 1. The Morgan fingerprint density at radius 3 is 2.39 bits per heavy atom. The molecule has 2 atom stereocenters. The molecule has 0 fully saturated rings. The molecule has 0 bridgehead atoms. The Bertz CT molecular complexity index is 379. The molecule has 4 heteroatoms. The lowest BCUT2D eigenvalue weighted by atomic mass is 9.85. The van der Waals surface area contributed by atoms with Crippen LogP contribution in [-0.4, -0.2) is 17.6 Å². The Kier molecular flexibility index (Phi) is 5.32. The lowest BCUT2D eigenvalue weighted by Gasteiger charge is -2.27. The number of rotatable bonds is 5. The number of hydrogen-bond acceptors (Lipinski definition) is 4. The van der Waals surface area contributed by atoms with Gasteiger partial charge >= 0.3 is 0 Å². The van der Waals surface area contributed by atoms with E-state index in [0.29, 0.717) is 6.04 Å². The molecule has 2 unspecified atom stereocenters. The largest absolute Gasteiger partial charge is 0.327 e. The molecule has 0 spiro atoms. The number of nitrogens with two attached hydrogens (primary N) is 1. The fraction of sp³-hybridized carbons (Fsp3) is 0.786. The highest BCUT2D eigenvalue weighted by molar-refractivity contribution is 7.11. The summed E-state index contributed by atoms with van der Waals surface area (Å²) in [7, 11) is 0. The first-order valence-corrected chi connectivity index (χ1v) is 7.46. The number of aromatic nitrogens is 1. The van der Waals surface area contributed by atoms with Crippen molar-refractivity contribution in [2.24, 2.45) is 11.1 Å². The predicted molar refractivity (Wildman–Crippen MR) is 80.1 cm³/mol. The quantitative estimate of drug-likeness (QED) is 0.863. The van der Waals surface area contributed by atoms with Crippen LogP contribution >= 0.6 is 11.3 Å². The summed E-state index contributed by atoms with van der Waals surface area (Å²) in [5.41, 5.74) is 7.49. The van der Waals surface area contributed by atoms with Crippen LogP contribution in [0.1, 0.15) is 55.7 Å². The zero-order valence-corrected chi connectivity index (χ0v) is 13.3. The molecular weight excluding hydrogens is 242 g/mol. The van der Waals surface area contributed by atoms with E-state index in [1.807, 2.05) is 0 Å². The third-order valence-electron chi connectivity index (χ3n) is 3.35. The first-order chi connectivity index (χ1) is 8.21. The van der Waals surface area contributed by atoms with Gasteiger partial charge in [0.05, 0.1) is 10.7 Å². The molecule has 3 nitrogen and oxygen atoms in total. The monoisotopic (exact) mass is 269 g/mol. The van der Waals surface area contributed by atoms with Gasteiger partial charge in [-0.3, -0.25) is 0 Å². The normalized spacial score (nSPS) is 15.7. The maximum Gasteiger partial charge on any atom is 0.0900 e. The van der Waals surface area contributed by atoms with Crippen LogP contribution < -0.4 is 11.1 Å². The summed E-state index contributed by atoms with van der Waals surface area (Å²) in [5.74, 6) is 0. The second-order valence-electron chi connectivity index (χ2n) is 6.12. The second kappa shape index (κ2) is 6.13. The maximum atomic E-state index is 6.16. The molecule has 1 rings (SSSR count). The average molecular weight is 269 g/mol. The molecule has 18 heavy (non-hydrogen) atoms. The fourth-order valence-electron chi connectivity index (χ4n) is 1.93. The molecule has 0 aliphatic heterocycles. The van der Waals surface area contributed by atoms with E-state index >= 15 is 0 Å². The van der Waals surface area contributed by atoms with Gasteiger partial charge in [-0.25, -0.2) is 4.98 Å². The molecule has 0 aliphatic rings. The molecule has 1 aromatic heterocycles. The Hall–Kier alpha value is -0.450. The molecule has 104 valence electrons. The third-order valence-corrected chi connectivity index (χ3v) is 4.61. The van der Waals surface area contributed by atoms with E-state index in [1.165, 1.54) is 4.88 Å². The standard InChI is InChI=1S/C14H27N3S/c1-9(13-10(2)17-11(3)18-13)16-8-7-12(15)14(4,5)6/h9,12,16H,7-8,15H2,1-6H3. The van der Waals surface area contributed by atoms with Crippen molar-refractivity contribution < 1.29 is 0 Å². The van der Waals surface area contributed by atoms with E-state index in [1.54, 1.807) is 11.3 Å². The van der Waals surface area contributed by atoms with Crippen molar-refractivity contribution >= 4 is 11.3 Å². The number of aryl methyl sites for hydroxylation is 2. The van der Waals surface area contributed by atoms with Gasteiger partial charge in [-0.2, -0.15) is 0 Å². The Morgan fingerprint density at radius 2 is 1.94 bits per heavy atom. The van der Waals surface area contributed by atoms with E-state index in [-0.39, 0.29) is 11.5 Å². The van der Waals surface area contributed by atoms with E-state index in [2.05, 4.69) is 51.8 Å². The van der Waals surface area contributed by atoms with Crippen molar-refractivity contribution in [3.8, 4) is 0 Å². The molecule has 1 aromatic rings. The summed E-state index contributed by atoms with van der Waals surface area (Å²) in [5, 5.41) is 4.69. The van der Waals surface area contributed by atoms with Gasteiger partial charge in [0.15, 0.2) is 0 Å². The Labute approximate surface area is 115 Å². The van der Waals surface area contributed by atoms with Gasteiger partial charge in [-0.05, 0) is 39.2 Å². The average Bonchev–Trinajstić information content (AvgIpc) is 2.56. The van der Waals surface area contributed by atoms with Gasteiger partial charge in [0.2, 0.25) is 0 Å². The van der Waals surface area contributed by atoms with Crippen molar-refractivity contribution in [1.29, 1.82) is 0 Å². The highest BCUT2D eigenvalue weighted by Crippen LogP contribution is 2.24. The van der Waals surface area contributed by atoms with Gasteiger partial charge in [0.25, 0.3) is 0 Å². The van der Waals surface area contributed by atoms with Crippen molar-refractivity contribution in [1.82, 2.24) is 10.3 Å².